The number of aliphatic hydroxyl groups excluding tert-OH is 1. The molecule has 25 heavy (non-hydrogen) atoms. The summed E-state index contributed by atoms with van der Waals surface area (Å²) in [7, 11) is -3.63. The second-order valence-corrected chi connectivity index (χ2v) is 7.73. The van der Waals surface area contributed by atoms with Crippen LogP contribution in [0.25, 0.3) is 5.57 Å². The third-order valence-corrected chi connectivity index (χ3v) is 6.09. The molecular weight excluding hydrogens is 351 g/mol. The van der Waals surface area contributed by atoms with E-state index in [-0.39, 0.29) is 30.8 Å². The molecule has 0 aliphatic carbocycles. The Morgan fingerprint density at radius 1 is 1.36 bits per heavy atom. The number of ether oxygens (including phenoxy) is 1. The molecule has 1 saturated heterocycles. The smallest absolute Gasteiger partial charge is 0.354 e. The van der Waals surface area contributed by atoms with E-state index < -0.39 is 37.3 Å². The molecule has 10 heteroatoms. The van der Waals surface area contributed by atoms with Crippen molar-refractivity contribution >= 4 is 13.2 Å². The first-order valence-corrected chi connectivity index (χ1v) is 9.73. The van der Waals surface area contributed by atoms with E-state index >= 15 is 0 Å². The molecular formula is C15H21N2O7P. The summed E-state index contributed by atoms with van der Waals surface area (Å²) in [6.45, 7) is 5.21. The van der Waals surface area contributed by atoms with E-state index in [2.05, 4.69) is 4.98 Å². The maximum atomic E-state index is 12.9. The maximum Gasteiger partial charge on any atom is 0.354 e. The predicted molar refractivity (Wildman–Crippen MR) is 89.4 cm³/mol. The van der Waals surface area contributed by atoms with Crippen molar-refractivity contribution in [1.29, 1.82) is 0 Å². The van der Waals surface area contributed by atoms with Crippen LogP contribution in [0, 0.1) is 6.92 Å². The monoisotopic (exact) mass is 372 g/mol. The minimum Gasteiger partial charge on any atom is -0.390 e. The summed E-state index contributed by atoms with van der Waals surface area (Å²) in [5, 5.41) is 10.3. The predicted octanol–water partition coefficient (Wildman–Crippen LogP) is 1.11. The Morgan fingerprint density at radius 3 is 2.60 bits per heavy atom. The van der Waals surface area contributed by atoms with Gasteiger partial charge in [0.25, 0.3) is 5.56 Å². The summed E-state index contributed by atoms with van der Waals surface area (Å²) in [5.41, 5.74) is -0.339. The van der Waals surface area contributed by atoms with Crippen LogP contribution >= 0.6 is 7.60 Å². The number of hydrogen-bond acceptors (Lipinski definition) is 7. The molecule has 1 aromatic rings. The summed E-state index contributed by atoms with van der Waals surface area (Å²) in [6.07, 6.45) is -2.21. The molecule has 0 amide bonds. The second kappa shape index (κ2) is 6.66. The van der Waals surface area contributed by atoms with Crippen LogP contribution < -0.4 is 11.2 Å². The van der Waals surface area contributed by atoms with Crippen molar-refractivity contribution in [3.05, 3.63) is 37.9 Å². The van der Waals surface area contributed by atoms with Crippen molar-refractivity contribution in [2.24, 2.45) is 0 Å². The minimum atomic E-state index is -3.63. The summed E-state index contributed by atoms with van der Waals surface area (Å²) >= 11 is 0. The standard InChI is InChI=1S/C15H21N2O7P/c1-4-22-25(21,23-5-2)7-9-12-8(3)14(19)16-15(20)17(12)11-6-10(18)13(9)24-11/h7,10-11,13,18H,4-6H2,1-3H3,(H,16,19,20)/b9-7+/t10?,11-,13-/m1/s1. The Kier molecular flexibility index (Phi) is 4.87. The first-order valence-electron chi connectivity index (χ1n) is 8.12. The van der Waals surface area contributed by atoms with Crippen LogP contribution in [-0.4, -0.2) is 40.1 Å². The molecule has 0 aromatic carbocycles. The fourth-order valence-electron chi connectivity index (χ4n) is 3.28. The molecule has 2 aliphatic heterocycles. The molecule has 138 valence electrons. The molecule has 3 atom stereocenters. The molecule has 2 N–H and O–H groups in total. The van der Waals surface area contributed by atoms with Crippen molar-refractivity contribution in [3.8, 4) is 0 Å². The number of fused-ring (bicyclic) bond motifs is 4. The van der Waals surface area contributed by atoms with E-state index in [0.717, 1.165) is 0 Å². The summed E-state index contributed by atoms with van der Waals surface area (Å²) in [4.78, 5) is 26.6. The van der Waals surface area contributed by atoms with Crippen LogP contribution in [0.5, 0.6) is 0 Å². The Hall–Kier alpha value is -1.51. The normalized spacial score (nSPS) is 26.9. The topological polar surface area (TPSA) is 120 Å². The third kappa shape index (κ3) is 3.07. The highest BCUT2D eigenvalue weighted by molar-refractivity contribution is 7.57. The van der Waals surface area contributed by atoms with E-state index in [1.54, 1.807) is 20.8 Å². The lowest BCUT2D eigenvalue weighted by molar-refractivity contribution is -0.00213. The van der Waals surface area contributed by atoms with Gasteiger partial charge in [-0.1, -0.05) is 0 Å². The number of nitrogens with one attached hydrogen (secondary N) is 1. The van der Waals surface area contributed by atoms with E-state index in [9.17, 15) is 19.3 Å². The molecule has 3 heterocycles. The number of H-pyrrole nitrogens is 1. The largest absolute Gasteiger partial charge is 0.390 e. The highest BCUT2D eigenvalue weighted by atomic mass is 31.2. The van der Waals surface area contributed by atoms with Gasteiger partial charge in [-0.3, -0.25) is 18.9 Å². The Bertz CT molecular complexity index is 862. The zero-order valence-electron chi connectivity index (χ0n) is 14.2. The van der Waals surface area contributed by atoms with Gasteiger partial charge in [0, 0.05) is 23.4 Å². The Balaban J connectivity index is 2.27. The van der Waals surface area contributed by atoms with E-state index in [1.807, 2.05) is 0 Å². The van der Waals surface area contributed by atoms with Gasteiger partial charge < -0.3 is 18.9 Å². The lowest BCUT2D eigenvalue weighted by Gasteiger charge is -2.30. The zero-order valence-corrected chi connectivity index (χ0v) is 15.1. The molecule has 2 aliphatic rings. The van der Waals surface area contributed by atoms with Gasteiger partial charge in [0.15, 0.2) is 0 Å². The van der Waals surface area contributed by atoms with Gasteiger partial charge in [-0.25, -0.2) is 4.79 Å². The van der Waals surface area contributed by atoms with Crippen LogP contribution in [0.15, 0.2) is 15.4 Å². The van der Waals surface area contributed by atoms with Crippen LogP contribution in [0.3, 0.4) is 0 Å². The van der Waals surface area contributed by atoms with Crippen LogP contribution in [-0.2, 0) is 18.3 Å². The van der Waals surface area contributed by atoms with Gasteiger partial charge >= 0.3 is 13.3 Å². The van der Waals surface area contributed by atoms with Crippen LogP contribution in [0.2, 0.25) is 0 Å². The molecule has 2 bridgehead atoms. The maximum absolute atomic E-state index is 12.9. The summed E-state index contributed by atoms with van der Waals surface area (Å²) < 4.78 is 30.5. The Morgan fingerprint density at radius 2 is 2.00 bits per heavy atom. The molecule has 3 rings (SSSR count). The number of hydrogen-bond donors (Lipinski definition) is 2. The number of aromatic amines is 1. The lowest BCUT2D eigenvalue weighted by Crippen LogP contribution is -2.40. The average Bonchev–Trinajstić information content (AvgIpc) is 2.85. The first kappa shape index (κ1) is 18.3. The number of rotatable bonds is 5. The van der Waals surface area contributed by atoms with Gasteiger partial charge in [-0.15, -0.1) is 0 Å². The zero-order chi connectivity index (χ0) is 18.4. The van der Waals surface area contributed by atoms with Crippen LogP contribution in [0.4, 0.5) is 0 Å². The fourth-order valence-corrected chi connectivity index (χ4v) is 4.83. The van der Waals surface area contributed by atoms with Crippen molar-refractivity contribution in [2.45, 2.75) is 45.6 Å². The molecule has 1 unspecified atom stereocenters. The first-order chi connectivity index (χ1) is 11.8. The number of aromatic nitrogens is 2. The highest BCUT2D eigenvalue weighted by Crippen LogP contribution is 2.54. The van der Waals surface area contributed by atoms with Gasteiger partial charge in [-0.05, 0) is 20.8 Å². The van der Waals surface area contributed by atoms with E-state index in [4.69, 9.17) is 13.8 Å². The summed E-state index contributed by atoms with van der Waals surface area (Å²) in [6, 6.07) is 0. The molecule has 9 nitrogen and oxygen atoms in total. The third-order valence-electron chi connectivity index (χ3n) is 4.26. The summed E-state index contributed by atoms with van der Waals surface area (Å²) in [5.74, 6) is 1.26. The van der Waals surface area contributed by atoms with Gasteiger partial charge in [-0.2, -0.15) is 0 Å². The quantitative estimate of drug-likeness (QED) is 0.743. The van der Waals surface area contributed by atoms with Crippen molar-refractivity contribution in [1.82, 2.24) is 9.55 Å². The molecule has 0 spiro atoms. The average molecular weight is 372 g/mol. The fraction of sp³-hybridized carbons (Fsp3) is 0.600. The van der Waals surface area contributed by atoms with E-state index in [1.165, 1.54) is 10.4 Å². The number of nitrogens with zero attached hydrogens (tertiary/aromatic N) is 1. The van der Waals surface area contributed by atoms with Gasteiger partial charge in [0.1, 0.15) is 12.3 Å². The molecule has 0 saturated carbocycles. The van der Waals surface area contributed by atoms with Crippen molar-refractivity contribution < 1.29 is 23.5 Å². The molecule has 1 fully saturated rings. The van der Waals surface area contributed by atoms with Gasteiger partial charge in [0.05, 0.1) is 25.0 Å². The number of aliphatic hydroxyl groups is 1. The van der Waals surface area contributed by atoms with Crippen molar-refractivity contribution in [2.75, 3.05) is 13.2 Å². The Labute approximate surface area is 143 Å². The van der Waals surface area contributed by atoms with Crippen molar-refractivity contribution in [3.63, 3.8) is 0 Å². The second-order valence-electron chi connectivity index (χ2n) is 5.88. The van der Waals surface area contributed by atoms with E-state index in [0.29, 0.717) is 5.69 Å². The molecule has 1 aromatic heterocycles. The minimum absolute atomic E-state index is 0.152. The van der Waals surface area contributed by atoms with Gasteiger partial charge in [0.2, 0.25) is 0 Å². The lowest BCUT2D eigenvalue weighted by atomic mass is 10.0. The molecule has 0 radical (unpaired) electrons. The van der Waals surface area contributed by atoms with Crippen LogP contribution in [0.1, 0.15) is 37.8 Å². The SMILES string of the molecule is CCOP(=O)(/C=C1\c2c(C)c(=O)[nH]c(=O)n2[C@H]2CC(O)[C@@H]1O2)OCC. The highest BCUT2D eigenvalue weighted by Gasteiger charge is 2.46.